The molecule has 0 saturated carbocycles. The molecule has 0 fully saturated rings. The highest BCUT2D eigenvalue weighted by molar-refractivity contribution is 5.86. The van der Waals surface area contributed by atoms with Gasteiger partial charge in [0.2, 0.25) is 5.91 Å². The van der Waals surface area contributed by atoms with Crippen LogP contribution in [-0.4, -0.2) is 53.4 Å². The number of aliphatic carboxylic acids is 1. The summed E-state index contributed by atoms with van der Waals surface area (Å²) in [7, 11) is 0. The van der Waals surface area contributed by atoms with E-state index in [2.05, 4.69) is 10.6 Å². The van der Waals surface area contributed by atoms with Gasteiger partial charge in [-0.25, -0.2) is 9.59 Å². The second kappa shape index (κ2) is 8.29. The van der Waals surface area contributed by atoms with Gasteiger partial charge < -0.3 is 26.2 Å². The molecule has 0 aromatic heterocycles. The zero-order chi connectivity index (χ0) is 14.1. The molecule has 0 radical (unpaired) electrons. The van der Waals surface area contributed by atoms with Gasteiger partial charge in [0.1, 0.15) is 0 Å². The van der Waals surface area contributed by atoms with E-state index in [9.17, 15) is 14.4 Å². The Bertz CT molecular complexity index is 306. The van der Waals surface area contributed by atoms with Gasteiger partial charge in [0, 0.05) is 6.54 Å². The van der Waals surface area contributed by atoms with Crippen molar-refractivity contribution in [1.29, 1.82) is 0 Å². The van der Waals surface area contributed by atoms with Crippen LogP contribution in [0, 0.1) is 0 Å². The number of carboxylic acids is 1. The van der Waals surface area contributed by atoms with Crippen LogP contribution in [-0.2, 0) is 9.59 Å². The smallest absolute Gasteiger partial charge is 0.328 e. The van der Waals surface area contributed by atoms with Crippen molar-refractivity contribution in [2.24, 2.45) is 0 Å². The number of carbonyl (C=O) groups excluding carboxylic acids is 2. The van der Waals surface area contributed by atoms with Crippen molar-refractivity contribution in [3.63, 3.8) is 0 Å². The van der Waals surface area contributed by atoms with Crippen LogP contribution in [0.5, 0.6) is 0 Å². The maximum absolute atomic E-state index is 11.3. The molecular weight excluding hydrogens is 242 g/mol. The SMILES string of the molecule is CCCNC(=O)CNC(=O)N[C@H](C(=O)O)[C@@H](C)O. The minimum absolute atomic E-state index is 0.252. The van der Waals surface area contributed by atoms with Crippen molar-refractivity contribution in [3.05, 3.63) is 0 Å². The first-order valence-corrected chi connectivity index (χ1v) is 5.60. The molecule has 0 bridgehead atoms. The molecule has 0 unspecified atom stereocenters. The third kappa shape index (κ3) is 6.69. The second-order valence-corrected chi connectivity index (χ2v) is 3.73. The van der Waals surface area contributed by atoms with Crippen LogP contribution in [0.25, 0.3) is 0 Å². The molecule has 5 N–H and O–H groups in total. The maximum atomic E-state index is 11.3. The second-order valence-electron chi connectivity index (χ2n) is 3.73. The number of nitrogens with one attached hydrogen (secondary N) is 3. The Hall–Kier alpha value is -1.83. The van der Waals surface area contributed by atoms with Crippen LogP contribution < -0.4 is 16.0 Å². The Morgan fingerprint density at radius 3 is 2.28 bits per heavy atom. The van der Waals surface area contributed by atoms with Gasteiger partial charge >= 0.3 is 12.0 Å². The van der Waals surface area contributed by atoms with Gasteiger partial charge in [-0.15, -0.1) is 0 Å². The van der Waals surface area contributed by atoms with Crippen molar-refractivity contribution in [2.75, 3.05) is 13.1 Å². The number of carboxylic acid groups (broad SMARTS) is 1. The molecule has 0 saturated heterocycles. The predicted molar refractivity (Wildman–Crippen MR) is 62.9 cm³/mol. The highest BCUT2D eigenvalue weighted by Crippen LogP contribution is 1.92. The first kappa shape index (κ1) is 16.2. The Morgan fingerprint density at radius 2 is 1.83 bits per heavy atom. The summed E-state index contributed by atoms with van der Waals surface area (Å²) >= 11 is 0. The average molecular weight is 261 g/mol. The lowest BCUT2D eigenvalue weighted by atomic mass is 10.2. The molecule has 0 aromatic carbocycles. The van der Waals surface area contributed by atoms with Crippen molar-refractivity contribution in [1.82, 2.24) is 16.0 Å². The normalized spacial score (nSPS) is 13.3. The van der Waals surface area contributed by atoms with Crippen molar-refractivity contribution >= 4 is 17.9 Å². The highest BCUT2D eigenvalue weighted by Gasteiger charge is 2.24. The summed E-state index contributed by atoms with van der Waals surface area (Å²) in [6, 6.07) is -2.24. The lowest BCUT2D eigenvalue weighted by molar-refractivity contribution is -0.141. The fourth-order valence-electron chi connectivity index (χ4n) is 1.07. The standard InChI is InChI=1S/C10H19N3O5/c1-3-4-11-7(15)5-12-10(18)13-8(6(2)14)9(16)17/h6,8,14H,3-5H2,1-2H3,(H,11,15)(H,16,17)(H2,12,13,18)/t6-,8+/m1/s1. The summed E-state index contributed by atoms with van der Waals surface area (Å²) in [5.41, 5.74) is 0. The number of amides is 3. The summed E-state index contributed by atoms with van der Waals surface area (Å²) in [6.45, 7) is 3.39. The van der Waals surface area contributed by atoms with Crippen LogP contribution in [0.3, 0.4) is 0 Å². The summed E-state index contributed by atoms with van der Waals surface area (Å²) in [4.78, 5) is 33.1. The molecule has 3 amide bonds. The molecule has 0 aliphatic carbocycles. The first-order chi connectivity index (χ1) is 8.38. The topological polar surface area (TPSA) is 128 Å². The van der Waals surface area contributed by atoms with Crippen molar-refractivity contribution in [3.8, 4) is 0 Å². The number of aliphatic hydroxyl groups excluding tert-OH is 1. The largest absolute Gasteiger partial charge is 0.480 e. The lowest BCUT2D eigenvalue weighted by Crippen LogP contribution is -2.52. The minimum atomic E-state index is -1.41. The lowest BCUT2D eigenvalue weighted by Gasteiger charge is -2.17. The fraction of sp³-hybridized carbons (Fsp3) is 0.700. The van der Waals surface area contributed by atoms with E-state index in [1.807, 2.05) is 12.2 Å². The Balaban J connectivity index is 4.03. The number of hydrogen-bond donors (Lipinski definition) is 5. The minimum Gasteiger partial charge on any atom is -0.480 e. The van der Waals surface area contributed by atoms with E-state index in [0.717, 1.165) is 6.42 Å². The Morgan fingerprint density at radius 1 is 1.22 bits per heavy atom. The van der Waals surface area contributed by atoms with E-state index in [0.29, 0.717) is 6.54 Å². The molecule has 0 rings (SSSR count). The highest BCUT2D eigenvalue weighted by atomic mass is 16.4. The monoisotopic (exact) mass is 261 g/mol. The number of carbonyl (C=O) groups is 3. The molecule has 2 atom stereocenters. The van der Waals surface area contributed by atoms with Crippen LogP contribution >= 0.6 is 0 Å². The molecule has 0 spiro atoms. The van der Waals surface area contributed by atoms with E-state index in [4.69, 9.17) is 10.2 Å². The van der Waals surface area contributed by atoms with Gasteiger partial charge in [0.05, 0.1) is 12.6 Å². The number of aliphatic hydroxyl groups is 1. The summed E-state index contributed by atoms with van der Waals surface area (Å²) in [5.74, 6) is -1.72. The van der Waals surface area contributed by atoms with E-state index < -0.39 is 24.1 Å². The van der Waals surface area contributed by atoms with Crippen LogP contribution in [0.1, 0.15) is 20.3 Å². The summed E-state index contributed by atoms with van der Waals surface area (Å²) in [5, 5.41) is 24.6. The van der Waals surface area contributed by atoms with E-state index in [-0.39, 0.29) is 12.5 Å². The van der Waals surface area contributed by atoms with E-state index in [1.54, 1.807) is 0 Å². The molecule has 0 aliphatic rings. The molecule has 0 aromatic rings. The average Bonchev–Trinajstić information content (AvgIpc) is 2.29. The fourth-order valence-corrected chi connectivity index (χ4v) is 1.07. The van der Waals surface area contributed by atoms with Gasteiger partial charge in [-0.3, -0.25) is 4.79 Å². The molecular formula is C10H19N3O5. The summed E-state index contributed by atoms with van der Waals surface area (Å²) < 4.78 is 0. The van der Waals surface area contributed by atoms with Gasteiger partial charge in [-0.05, 0) is 13.3 Å². The van der Waals surface area contributed by atoms with E-state index >= 15 is 0 Å². The van der Waals surface area contributed by atoms with Gasteiger partial charge in [0.15, 0.2) is 6.04 Å². The molecule has 104 valence electrons. The molecule has 0 heterocycles. The Labute approximate surface area is 105 Å². The van der Waals surface area contributed by atoms with E-state index in [1.165, 1.54) is 6.92 Å². The third-order valence-electron chi connectivity index (χ3n) is 2.02. The van der Waals surface area contributed by atoms with Gasteiger partial charge in [-0.2, -0.15) is 0 Å². The van der Waals surface area contributed by atoms with Crippen molar-refractivity contribution in [2.45, 2.75) is 32.4 Å². The summed E-state index contributed by atoms with van der Waals surface area (Å²) in [6.07, 6.45) is -0.455. The number of rotatable bonds is 7. The molecule has 8 nitrogen and oxygen atoms in total. The maximum Gasteiger partial charge on any atom is 0.328 e. The quantitative estimate of drug-likeness (QED) is 0.387. The van der Waals surface area contributed by atoms with Crippen LogP contribution in [0.4, 0.5) is 4.79 Å². The zero-order valence-corrected chi connectivity index (χ0v) is 10.4. The van der Waals surface area contributed by atoms with Crippen LogP contribution in [0.15, 0.2) is 0 Å². The molecule has 8 heteroatoms. The third-order valence-corrected chi connectivity index (χ3v) is 2.02. The molecule has 18 heavy (non-hydrogen) atoms. The van der Waals surface area contributed by atoms with Gasteiger partial charge in [-0.1, -0.05) is 6.92 Å². The van der Waals surface area contributed by atoms with Gasteiger partial charge in [0.25, 0.3) is 0 Å². The number of urea groups is 1. The predicted octanol–water partition coefficient (Wildman–Crippen LogP) is -1.35. The van der Waals surface area contributed by atoms with Crippen LogP contribution in [0.2, 0.25) is 0 Å². The zero-order valence-electron chi connectivity index (χ0n) is 10.4. The number of hydrogen-bond acceptors (Lipinski definition) is 4. The Kier molecular flexibility index (Phi) is 7.45. The first-order valence-electron chi connectivity index (χ1n) is 5.60. The van der Waals surface area contributed by atoms with Crippen molar-refractivity contribution < 1.29 is 24.6 Å². The molecule has 0 aliphatic heterocycles.